The maximum atomic E-state index is 13.6. The third-order valence-electron chi connectivity index (χ3n) is 5.48. The van der Waals surface area contributed by atoms with Crippen LogP contribution >= 0.6 is 11.8 Å². The van der Waals surface area contributed by atoms with E-state index in [2.05, 4.69) is 13.8 Å². The molecule has 2 amide bonds. The molecule has 1 aliphatic heterocycles. The van der Waals surface area contributed by atoms with E-state index in [1.54, 1.807) is 0 Å². The van der Waals surface area contributed by atoms with Crippen molar-refractivity contribution in [2.45, 2.75) is 32.6 Å². The highest BCUT2D eigenvalue weighted by atomic mass is 32.2. The first-order chi connectivity index (χ1) is 15.8. The third-order valence-corrected chi connectivity index (χ3v) is 6.57. The maximum absolute atomic E-state index is 13.6. The molecule has 0 N–H and O–H groups in total. The van der Waals surface area contributed by atoms with Gasteiger partial charge in [-0.05, 0) is 72.9 Å². The Hall–Kier alpha value is -3.31. The number of thioether (sulfide) groups is 1. The Balaban J connectivity index is 1.74. The van der Waals surface area contributed by atoms with Crippen LogP contribution < -0.4 is 9.64 Å². The second-order valence-electron chi connectivity index (χ2n) is 8.56. The van der Waals surface area contributed by atoms with Gasteiger partial charge in [0.1, 0.15) is 5.75 Å². The van der Waals surface area contributed by atoms with E-state index in [-0.39, 0.29) is 11.8 Å². The molecule has 168 valence electrons. The lowest BCUT2D eigenvalue weighted by Gasteiger charge is -2.16. The predicted molar refractivity (Wildman–Crippen MR) is 134 cm³/mol. The molecule has 0 saturated carbocycles. The number of hydrogen-bond acceptors (Lipinski definition) is 4. The molecule has 0 unspecified atom stereocenters. The van der Waals surface area contributed by atoms with Crippen LogP contribution in [0, 0.1) is 19.8 Å². The molecule has 0 radical (unpaired) electrons. The van der Waals surface area contributed by atoms with Crippen molar-refractivity contribution < 1.29 is 14.3 Å². The zero-order chi connectivity index (χ0) is 23.5. The van der Waals surface area contributed by atoms with Gasteiger partial charge in [-0.2, -0.15) is 0 Å². The van der Waals surface area contributed by atoms with Crippen LogP contribution in [0.4, 0.5) is 5.69 Å². The number of benzene rings is 3. The number of carbonyl (C=O) groups excluding carboxylic acids is 2. The number of nitrogens with zero attached hydrogens (tertiary/aromatic N) is 1. The van der Waals surface area contributed by atoms with Crippen LogP contribution in [0.25, 0.3) is 5.57 Å². The standard InChI is InChI=1S/C28H27NO3S/c1-18(2)17-32-23-14-11-21(12-15-23)25-26(33-24-8-6-5-7-9-24)28(31)29(27(25)30)22-13-10-19(3)20(4)16-22/h5-16,18H,17H2,1-4H3. The zero-order valence-corrected chi connectivity index (χ0v) is 20.1. The summed E-state index contributed by atoms with van der Waals surface area (Å²) < 4.78 is 5.79. The van der Waals surface area contributed by atoms with Crippen molar-refractivity contribution in [1.82, 2.24) is 0 Å². The van der Waals surface area contributed by atoms with E-state index in [4.69, 9.17) is 4.74 Å². The Morgan fingerprint density at radius 2 is 1.55 bits per heavy atom. The summed E-state index contributed by atoms with van der Waals surface area (Å²) in [6.45, 7) is 8.80. The number of hydrogen-bond donors (Lipinski definition) is 0. The Morgan fingerprint density at radius 1 is 0.848 bits per heavy atom. The van der Waals surface area contributed by atoms with Gasteiger partial charge in [0.2, 0.25) is 0 Å². The molecule has 0 atom stereocenters. The lowest BCUT2D eigenvalue weighted by atomic mass is 10.1. The first kappa shape index (κ1) is 22.9. The Labute approximate surface area is 199 Å². The molecule has 0 saturated heterocycles. The summed E-state index contributed by atoms with van der Waals surface area (Å²) in [6.07, 6.45) is 0. The molecule has 33 heavy (non-hydrogen) atoms. The van der Waals surface area contributed by atoms with Gasteiger partial charge in [0, 0.05) is 4.90 Å². The first-order valence-electron chi connectivity index (χ1n) is 11.0. The molecule has 0 bridgehead atoms. The van der Waals surface area contributed by atoms with Gasteiger partial charge < -0.3 is 4.74 Å². The fourth-order valence-electron chi connectivity index (χ4n) is 3.55. The number of ether oxygens (including phenoxy) is 1. The third kappa shape index (κ3) is 4.88. The minimum Gasteiger partial charge on any atom is -0.493 e. The number of imide groups is 1. The number of anilines is 1. The molecular weight excluding hydrogens is 430 g/mol. The van der Waals surface area contributed by atoms with Gasteiger partial charge in [0.25, 0.3) is 11.8 Å². The molecule has 0 aromatic heterocycles. The minimum atomic E-state index is -0.308. The van der Waals surface area contributed by atoms with E-state index in [0.717, 1.165) is 21.8 Å². The maximum Gasteiger partial charge on any atom is 0.272 e. The fourth-order valence-corrected chi connectivity index (χ4v) is 4.56. The van der Waals surface area contributed by atoms with E-state index in [1.807, 2.05) is 86.6 Å². The topological polar surface area (TPSA) is 46.6 Å². The highest BCUT2D eigenvalue weighted by molar-refractivity contribution is 8.04. The number of carbonyl (C=O) groups is 2. The first-order valence-corrected chi connectivity index (χ1v) is 11.8. The minimum absolute atomic E-state index is 0.299. The fraction of sp³-hybridized carbons (Fsp3) is 0.214. The van der Waals surface area contributed by atoms with Crippen LogP contribution in [0.1, 0.15) is 30.5 Å². The molecule has 3 aromatic carbocycles. The number of aryl methyl sites for hydroxylation is 2. The van der Waals surface area contributed by atoms with Crippen LogP contribution in [0.2, 0.25) is 0 Å². The second-order valence-corrected chi connectivity index (χ2v) is 9.65. The van der Waals surface area contributed by atoms with Gasteiger partial charge in [-0.15, -0.1) is 0 Å². The smallest absolute Gasteiger partial charge is 0.272 e. The van der Waals surface area contributed by atoms with Crippen LogP contribution in [-0.4, -0.2) is 18.4 Å². The van der Waals surface area contributed by atoms with E-state index in [0.29, 0.717) is 34.3 Å². The molecule has 5 heteroatoms. The number of amides is 2. The lowest BCUT2D eigenvalue weighted by Crippen LogP contribution is -2.31. The normalized spacial score (nSPS) is 13.9. The highest BCUT2D eigenvalue weighted by Crippen LogP contribution is 2.41. The zero-order valence-electron chi connectivity index (χ0n) is 19.3. The van der Waals surface area contributed by atoms with Crippen molar-refractivity contribution in [3.63, 3.8) is 0 Å². The van der Waals surface area contributed by atoms with Crippen molar-refractivity contribution in [2.24, 2.45) is 5.92 Å². The van der Waals surface area contributed by atoms with E-state index in [9.17, 15) is 9.59 Å². The number of rotatable bonds is 7. The van der Waals surface area contributed by atoms with Gasteiger partial charge in [0.05, 0.1) is 22.8 Å². The summed E-state index contributed by atoms with van der Waals surface area (Å²) in [7, 11) is 0. The monoisotopic (exact) mass is 457 g/mol. The highest BCUT2D eigenvalue weighted by Gasteiger charge is 2.40. The van der Waals surface area contributed by atoms with Gasteiger partial charge in [-0.3, -0.25) is 9.59 Å². The predicted octanol–water partition coefficient (Wildman–Crippen LogP) is 6.42. The van der Waals surface area contributed by atoms with Crippen molar-refractivity contribution in [2.75, 3.05) is 11.5 Å². The summed E-state index contributed by atoms with van der Waals surface area (Å²) in [5, 5.41) is 0. The molecule has 1 heterocycles. The SMILES string of the molecule is Cc1ccc(N2C(=O)C(Sc3ccccc3)=C(c3ccc(OCC(C)C)cc3)C2=O)cc1C. The van der Waals surface area contributed by atoms with Gasteiger partial charge >= 0.3 is 0 Å². The quantitative estimate of drug-likeness (QED) is 0.384. The van der Waals surface area contributed by atoms with E-state index < -0.39 is 0 Å². The largest absolute Gasteiger partial charge is 0.493 e. The molecule has 0 spiro atoms. The Bertz CT molecular complexity index is 1210. The molecule has 4 rings (SSSR count). The van der Waals surface area contributed by atoms with Crippen LogP contribution in [0.3, 0.4) is 0 Å². The van der Waals surface area contributed by atoms with Gasteiger partial charge in [-0.1, -0.05) is 62.0 Å². The summed E-state index contributed by atoms with van der Waals surface area (Å²) >= 11 is 1.33. The van der Waals surface area contributed by atoms with Crippen LogP contribution in [-0.2, 0) is 9.59 Å². The van der Waals surface area contributed by atoms with E-state index in [1.165, 1.54) is 16.7 Å². The van der Waals surface area contributed by atoms with Crippen molar-refractivity contribution in [3.8, 4) is 5.75 Å². The average molecular weight is 458 g/mol. The second kappa shape index (κ2) is 9.67. The van der Waals surface area contributed by atoms with Gasteiger partial charge in [-0.25, -0.2) is 4.90 Å². The lowest BCUT2D eigenvalue weighted by molar-refractivity contribution is -0.119. The Morgan fingerprint density at radius 3 is 2.18 bits per heavy atom. The molecule has 4 nitrogen and oxygen atoms in total. The van der Waals surface area contributed by atoms with Crippen LogP contribution in [0.15, 0.2) is 82.6 Å². The summed E-state index contributed by atoms with van der Waals surface area (Å²) in [5.41, 5.74) is 3.86. The van der Waals surface area contributed by atoms with Crippen molar-refractivity contribution in [3.05, 3.63) is 94.4 Å². The molecule has 3 aromatic rings. The molecule has 0 fully saturated rings. The average Bonchev–Trinajstić information content (AvgIpc) is 3.04. The van der Waals surface area contributed by atoms with Crippen molar-refractivity contribution in [1.29, 1.82) is 0 Å². The Kier molecular flexibility index (Phi) is 6.70. The molecular formula is C28H27NO3S. The summed E-state index contributed by atoms with van der Waals surface area (Å²) in [6, 6.07) is 22.7. The molecule has 0 aliphatic carbocycles. The molecule has 1 aliphatic rings. The van der Waals surface area contributed by atoms with E-state index >= 15 is 0 Å². The summed E-state index contributed by atoms with van der Waals surface area (Å²) in [5.74, 6) is 0.555. The van der Waals surface area contributed by atoms with Crippen LogP contribution in [0.5, 0.6) is 5.75 Å². The van der Waals surface area contributed by atoms with Crippen molar-refractivity contribution >= 4 is 34.8 Å². The van der Waals surface area contributed by atoms with Gasteiger partial charge in [0.15, 0.2) is 0 Å². The summed E-state index contributed by atoms with van der Waals surface area (Å²) in [4.78, 5) is 29.8.